The van der Waals surface area contributed by atoms with Gasteiger partial charge in [0.1, 0.15) is 0 Å². The molecule has 0 radical (unpaired) electrons. The lowest BCUT2D eigenvalue weighted by atomic mass is 10.1. The van der Waals surface area contributed by atoms with Crippen LogP contribution in [-0.4, -0.2) is 9.91 Å². The fourth-order valence-electron chi connectivity index (χ4n) is 2.20. The Morgan fingerprint density at radius 1 is 1.23 bits per heavy atom. The van der Waals surface area contributed by atoms with Gasteiger partial charge < -0.3 is 0 Å². The summed E-state index contributed by atoms with van der Waals surface area (Å²) in [6.45, 7) is 3.76. The van der Waals surface area contributed by atoms with Crippen LogP contribution in [0.1, 0.15) is 11.1 Å². The minimum atomic E-state index is -0.367. The predicted molar refractivity (Wildman–Crippen MR) is 91.3 cm³/mol. The highest BCUT2D eigenvalue weighted by atomic mass is 35.5. The second-order valence-electron chi connectivity index (χ2n) is 4.86. The van der Waals surface area contributed by atoms with Crippen molar-refractivity contribution in [2.75, 3.05) is 0 Å². The SMILES string of the molecule is Cc1cc([N+](=O)[O-])cc(C)c1Sc1nc2cc(Cl)ccc2s1. The van der Waals surface area contributed by atoms with Crippen molar-refractivity contribution >= 4 is 50.6 Å². The van der Waals surface area contributed by atoms with Gasteiger partial charge in [-0.2, -0.15) is 0 Å². The third-order valence-electron chi connectivity index (χ3n) is 3.18. The van der Waals surface area contributed by atoms with Crippen molar-refractivity contribution in [3.05, 3.63) is 56.6 Å². The van der Waals surface area contributed by atoms with Gasteiger partial charge in [0.05, 0.1) is 15.1 Å². The summed E-state index contributed by atoms with van der Waals surface area (Å²) in [7, 11) is 0. The third-order valence-corrected chi connectivity index (χ3v) is 5.86. The maximum atomic E-state index is 10.9. The second-order valence-corrected chi connectivity index (χ2v) is 7.58. The van der Waals surface area contributed by atoms with Gasteiger partial charge in [0.25, 0.3) is 5.69 Å². The number of nitro benzene ring substituents is 1. The van der Waals surface area contributed by atoms with Gasteiger partial charge in [-0.25, -0.2) is 4.98 Å². The monoisotopic (exact) mass is 350 g/mol. The van der Waals surface area contributed by atoms with Gasteiger partial charge in [0.2, 0.25) is 0 Å². The van der Waals surface area contributed by atoms with Gasteiger partial charge in [-0.1, -0.05) is 23.4 Å². The molecule has 2 aromatic carbocycles. The summed E-state index contributed by atoms with van der Waals surface area (Å²) in [5.41, 5.74) is 2.76. The number of aryl methyl sites for hydroxylation is 2. The molecule has 3 aromatic rings. The van der Waals surface area contributed by atoms with Crippen LogP contribution in [0.3, 0.4) is 0 Å². The van der Waals surface area contributed by atoms with Crippen molar-refractivity contribution in [2.24, 2.45) is 0 Å². The van der Waals surface area contributed by atoms with Crippen molar-refractivity contribution in [1.29, 1.82) is 0 Å². The molecule has 4 nitrogen and oxygen atoms in total. The smallest absolute Gasteiger partial charge is 0.258 e. The largest absolute Gasteiger partial charge is 0.270 e. The standard InChI is InChI=1S/C15H11ClN2O2S2/c1-8-5-11(18(19)20)6-9(2)14(8)22-15-17-12-7-10(16)3-4-13(12)21-15/h3-7H,1-2H3. The first-order valence-corrected chi connectivity index (χ1v) is 8.45. The first kappa shape index (κ1) is 15.3. The first-order valence-electron chi connectivity index (χ1n) is 6.43. The lowest BCUT2D eigenvalue weighted by Crippen LogP contribution is -1.92. The molecule has 1 aromatic heterocycles. The molecule has 0 bridgehead atoms. The molecule has 0 spiro atoms. The van der Waals surface area contributed by atoms with E-state index < -0.39 is 0 Å². The number of hydrogen-bond donors (Lipinski definition) is 0. The Hall–Kier alpha value is -1.63. The van der Waals surface area contributed by atoms with Crippen molar-refractivity contribution < 1.29 is 4.92 Å². The summed E-state index contributed by atoms with van der Waals surface area (Å²) in [5, 5.41) is 11.6. The summed E-state index contributed by atoms with van der Waals surface area (Å²) in [6, 6.07) is 8.83. The predicted octanol–water partition coefficient (Wildman–Crippen LogP) is 5.63. The maximum Gasteiger partial charge on any atom is 0.270 e. The summed E-state index contributed by atoms with van der Waals surface area (Å²) < 4.78 is 1.97. The number of nitrogens with zero attached hydrogens (tertiary/aromatic N) is 2. The van der Waals surface area contributed by atoms with Crippen molar-refractivity contribution in [1.82, 2.24) is 4.98 Å². The molecule has 0 amide bonds. The molecule has 0 aliphatic carbocycles. The van der Waals surface area contributed by atoms with E-state index in [1.165, 1.54) is 11.8 Å². The van der Waals surface area contributed by atoms with E-state index in [9.17, 15) is 10.1 Å². The van der Waals surface area contributed by atoms with E-state index in [2.05, 4.69) is 4.98 Å². The summed E-state index contributed by atoms with van der Waals surface area (Å²) >= 11 is 9.10. The zero-order valence-corrected chi connectivity index (χ0v) is 14.2. The Balaban J connectivity index is 1.99. The molecule has 0 fully saturated rings. The van der Waals surface area contributed by atoms with Crippen LogP contribution in [0.25, 0.3) is 10.2 Å². The molecular formula is C15H11ClN2O2S2. The van der Waals surface area contributed by atoms with E-state index in [-0.39, 0.29) is 10.6 Å². The van der Waals surface area contributed by atoms with Gasteiger partial charge in [-0.05, 0) is 43.2 Å². The Morgan fingerprint density at radius 3 is 2.55 bits per heavy atom. The van der Waals surface area contributed by atoms with E-state index >= 15 is 0 Å². The molecular weight excluding hydrogens is 340 g/mol. The molecule has 112 valence electrons. The Labute approximate surface area is 140 Å². The zero-order valence-electron chi connectivity index (χ0n) is 11.8. The highest BCUT2D eigenvalue weighted by molar-refractivity contribution is 8.01. The highest BCUT2D eigenvalue weighted by Gasteiger charge is 2.15. The highest BCUT2D eigenvalue weighted by Crippen LogP contribution is 2.39. The Bertz CT molecular complexity index is 869. The molecule has 0 unspecified atom stereocenters. The number of hydrogen-bond acceptors (Lipinski definition) is 5. The summed E-state index contributed by atoms with van der Waals surface area (Å²) in [4.78, 5) is 16.1. The summed E-state index contributed by atoms with van der Waals surface area (Å²) in [5.74, 6) is 0. The molecule has 0 atom stereocenters. The lowest BCUT2D eigenvalue weighted by molar-refractivity contribution is -0.385. The van der Waals surface area contributed by atoms with Gasteiger partial charge >= 0.3 is 0 Å². The topological polar surface area (TPSA) is 56.0 Å². The van der Waals surface area contributed by atoms with E-state index in [1.807, 2.05) is 32.0 Å². The van der Waals surface area contributed by atoms with E-state index in [0.29, 0.717) is 5.02 Å². The van der Waals surface area contributed by atoms with Crippen LogP contribution >= 0.6 is 34.7 Å². The van der Waals surface area contributed by atoms with Gasteiger partial charge in [-0.15, -0.1) is 11.3 Å². The molecule has 0 saturated heterocycles. The van der Waals surface area contributed by atoms with Gasteiger partial charge in [-0.3, -0.25) is 10.1 Å². The maximum absolute atomic E-state index is 10.9. The number of thiazole rings is 1. The van der Waals surface area contributed by atoms with Gasteiger partial charge in [0.15, 0.2) is 4.34 Å². The molecule has 1 heterocycles. The molecule has 7 heteroatoms. The Kier molecular flexibility index (Phi) is 4.08. The zero-order chi connectivity index (χ0) is 15.9. The van der Waals surface area contributed by atoms with Crippen LogP contribution in [-0.2, 0) is 0 Å². The third kappa shape index (κ3) is 2.95. The van der Waals surface area contributed by atoms with Crippen LogP contribution in [0, 0.1) is 24.0 Å². The average Bonchev–Trinajstić information content (AvgIpc) is 2.84. The lowest BCUT2D eigenvalue weighted by Gasteiger charge is -2.07. The number of non-ortho nitro benzene ring substituents is 1. The van der Waals surface area contributed by atoms with E-state index in [0.717, 1.165) is 30.6 Å². The number of rotatable bonds is 3. The minimum Gasteiger partial charge on any atom is -0.258 e. The number of fused-ring (bicyclic) bond motifs is 1. The van der Waals surface area contributed by atoms with Crippen LogP contribution < -0.4 is 0 Å². The molecule has 0 N–H and O–H groups in total. The number of nitro groups is 1. The number of aromatic nitrogens is 1. The number of benzene rings is 2. The van der Waals surface area contributed by atoms with Gasteiger partial charge in [0, 0.05) is 22.1 Å². The van der Waals surface area contributed by atoms with E-state index in [4.69, 9.17) is 11.6 Å². The van der Waals surface area contributed by atoms with Crippen LogP contribution in [0.5, 0.6) is 0 Å². The fraction of sp³-hybridized carbons (Fsp3) is 0.133. The first-order chi connectivity index (χ1) is 10.4. The molecule has 0 saturated carbocycles. The molecule has 0 aliphatic heterocycles. The normalized spacial score (nSPS) is 11.0. The van der Waals surface area contributed by atoms with Crippen LogP contribution in [0.4, 0.5) is 5.69 Å². The van der Waals surface area contributed by atoms with E-state index in [1.54, 1.807) is 23.5 Å². The summed E-state index contributed by atoms with van der Waals surface area (Å²) in [6.07, 6.45) is 0. The quantitative estimate of drug-likeness (QED) is 0.454. The van der Waals surface area contributed by atoms with Crippen molar-refractivity contribution in [3.8, 4) is 0 Å². The minimum absolute atomic E-state index is 0.121. The number of halogens is 1. The van der Waals surface area contributed by atoms with Crippen molar-refractivity contribution in [2.45, 2.75) is 23.1 Å². The fourth-order valence-corrected chi connectivity index (χ4v) is 4.49. The van der Waals surface area contributed by atoms with Crippen LogP contribution in [0.15, 0.2) is 39.6 Å². The Morgan fingerprint density at radius 2 is 1.91 bits per heavy atom. The van der Waals surface area contributed by atoms with Crippen LogP contribution in [0.2, 0.25) is 5.02 Å². The molecule has 0 aliphatic rings. The second kappa shape index (κ2) is 5.87. The average molecular weight is 351 g/mol. The molecule has 22 heavy (non-hydrogen) atoms. The molecule has 3 rings (SSSR count). The van der Waals surface area contributed by atoms with Crippen molar-refractivity contribution in [3.63, 3.8) is 0 Å².